The minimum atomic E-state index is -0.277. The van der Waals surface area contributed by atoms with E-state index in [-0.39, 0.29) is 17.8 Å². The molecule has 0 aliphatic carbocycles. The van der Waals surface area contributed by atoms with Crippen LogP contribution in [0.2, 0.25) is 0 Å². The lowest BCUT2D eigenvalue weighted by Gasteiger charge is -2.16. The molecule has 1 aromatic carbocycles. The Bertz CT molecular complexity index is 677. The molecule has 1 heterocycles. The average Bonchev–Trinajstić information content (AvgIpc) is 2.85. The Morgan fingerprint density at radius 2 is 1.92 bits per heavy atom. The molecule has 24 heavy (non-hydrogen) atoms. The van der Waals surface area contributed by atoms with Crippen molar-refractivity contribution in [2.45, 2.75) is 46.7 Å². The molecule has 6 heteroatoms. The number of nitrogens with one attached hydrogen (secondary N) is 2. The normalized spacial score (nSPS) is 12.2. The van der Waals surface area contributed by atoms with Gasteiger partial charge in [-0.25, -0.2) is 9.48 Å². The van der Waals surface area contributed by atoms with Gasteiger partial charge in [-0.3, -0.25) is 5.32 Å². The fourth-order valence-electron chi connectivity index (χ4n) is 2.39. The lowest BCUT2D eigenvalue weighted by atomic mass is 10.1. The molecule has 130 valence electrons. The monoisotopic (exact) mass is 330 g/mol. The summed E-state index contributed by atoms with van der Waals surface area (Å²) in [5.74, 6) is 1.48. The van der Waals surface area contributed by atoms with Crippen molar-refractivity contribution in [1.29, 1.82) is 0 Å². The standard InChI is InChI=1S/C18H26N4O2/c1-12(2)9-10-22-17(11-13(3)21-22)20-18(24)19-14(4)15-5-7-16(23)8-6-15/h5-8,11-12,14,23H,9-10H2,1-4H3,(H2,19,20,24)/t14-/m1/s1. The van der Waals surface area contributed by atoms with Gasteiger partial charge in [0.15, 0.2) is 0 Å². The summed E-state index contributed by atoms with van der Waals surface area (Å²) < 4.78 is 1.83. The summed E-state index contributed by atoms with van der Waals surface area (Å²) in [6.45, 7) is 8.90. The summed E-state index contributed by atoms with van der Waals surface area (Å²) >= 11 is 0. The molecule has 0 aliphatic rings. The third-order valence-corrected chi connectivity index (χ3v) is 3.80. The maximum atomic E-state index is 12.3. The Balaban J connectivity index is 1.97. The number of nitrogens with zero attached hydrogens (tertiary/aromatic N) is 2. The summed E-state index contributed by atoms with van der Waals surface area (Å²) in [5.41, 5.74) is 1.80. The predicted octanol–water partition coefficient (Wildman–Crippen LogP) is 3.83. The number of aromatic hydroxyl groups is 1. The topological polar surface area (TPSA) is 79.2 Å². The first kappa shape index (κ1) is 17.8. The number of phenolic OH excluding ortho intramolecular Hbond substituents is 1. The number of urea groups is 1. The number of rotatable bonds is 6. The van der Waals surface area contributed by atoms with Crippen LogP contribution in [0.3, 0.4) is 0 Å². The Labute approximate surface area is 142 Å². The van der Waals surface area contributed by atoms with E-state index in [9.17, 15) is 9.90 Å². The molecule has 0 saturated carbocycles. The number of hydrogen-bond acceptors (Lipinski definition) is 3. The molecule has 6 nitrogen and oxygen atoms in total. The van der Waals surface area contributed by atoms with Crippen LogP contribution >= 0.6 is 0 Å². The van der Waals surface area contributed by atoms with Gasteiger partial charge < -0.3 is 10.4 Å². The number of benzene rings is 1. The molecule has 0 unspecified atom stereocenters. The molecule has 0 fully saturated rings. The van der Waals surface area contributed by atoms with Crippen LogP contribution < -0.4 is 10.6 Å². The van der Waals surface area contributed by atoms with Gasteiger partial charge in [0, 0.05) is 12.6 Å². The Kier molecular flexibility index (Phi) is 5.84. The molecular formula is C18H26N4O2. The largest absolute Gasteiger partial charge is 0.508 e. The van der Waals surface area contributed by atoms with E-state index in [1.54, 1.807) is 24.3 Å². The van der Waals surface area contributed by atoms with Crippen molar-refractivity contribution in [3.8, 4) is 5.75 Å². The van der Waals surface area contributed by atoms with Crippen LogP contribution in [0.4, 0.5) is 10.6 Å². The summed E-state index contributed by atoms with van der Waals surface area (Å²) in [6, 6.07) is 8.21. The van der Waals surface area contributed by atoms with Crippen LogP contribution in [0.1, 0.15) is 44.5 Å². The molecule has 2 rings (SSSR count). The zero-order valence-corrected chi connectivity index (χ0v) is 14.7. The van der Waals surface area contributed by atoms with E-state index in [4.69, 9.17) is 0 Å². The molecule has 3 N–H and O–H groups in total. The molecule has 0 radical (unpaired) electrons. The minimum Gasteiger partial charge on any atom is -0.508 e. The second-order valence-corrected chi connectivity index (χ2v) is 6.49. The number of aromatic nitrogens is 2. The highest BCUT2D eigenvalue weighted by Crippen LogP contribution is 2.17. The van der Waals surface area contributed by atoms with E-state index in [0.717, 1.165) is 24.2 Å². The van der Waals surface area contributed by atoms with Gasteiger partial charge >= 0.3 is 6.03 Å². The highest BCUT2D eigenvalue weighted by atomic mass is 16.3. The zero-order valence-electron chi connectivity index (χ0n) is 14.7. The minimum absolute atomic E-state index is 0.168. The number of aryl methyl sites for hydroxylation is 2. The molecule has 0 aliphatic heterocycles. The molecule has 2 amide bonds. The van der Waals surface area contributed by atoms with Crippen LogP contribution in [0.5, 0.6) is 5.75 Å². The smallest absolute Gasteiger partial charge is 0.320 e. The van der Waals surface area contributed by atoms with E-state index < -0.39 is 0 Å². The van der Waals surface area contributed by atoms with E-state index >= 15 is 0 Å². The quantitative estimate of drug-likeness (QED) is 0.753. The van der Waals surface area contributed by atoms with Gasteiger partial charge in [0.1, 0.15) is 11.6 Å². The number of anilines is 1. The van der Waals surface area contributed by atoms with Crippen molar-refractivity contribution in [2.75, 3.05) is 5.32 Å². The SMILES string of the molecule is Cc1cc(NC(=O)N[C@H](C)c2ccc(O)cc2)n(CCC(C)C)n1. The Hall–Kier alpha value is -2.50. The van der Waals surface area contributed by atoms with Gasteiger partial charge in [0.25, 0.3) is 0 Å². The first-order chi connectivity index (χ1) is 11.3. The first-order valence-corrected chi connectivity index (χ1v) is 8.26. The van der Waals surface area contributed by atoms with Crippen LogP contribution in [-0.2, 0) is 6.54 Å². The molecule has 0 spiro atoms. The highest BCUT2D eigenvalue weighted by molar-refractivity contribution is 5.88. The number of amides is 2. The molecule has 1 aromatic heterocycles. The van der Waals surface area contributed by atoms with E-state index in [0.29, 0.717) is 11.7 Å². The first-order valence-electron chi connectivity index (χ1n) is 8.26. The third kappa shape index (κ3) is 5.01. The van der Waals surface area contributed by atoms with Gasteiger partial charge in [-0.1, -0.05) is 26.0 Å². The lowest BCUT2D eigenvalue weighted by molar-refractivity contribution is 0.249. The number of hydrogen-bond donors (Lipinski definition) is 3. The van der Waals surface area contributed by atoms with E-state index in [2.05, 4.69) is 29.6 Å². The van der Waals surface area contributed by atoms with Gasteiger partial charge in [-0.05, 0) is 43.9 Å². The average molecular weight is 330 g/mol. The zero-order chi connectivity index (χ0) is 17.7. The van der Waals surface area contributed by atoms with Crippen molar-refractivity contribution in [2.24, 2.45) is 5.92 Å². The number of carbonyl (C=O) groups is 1. The number of carbonyl (C=O) groups excluding carboxylic acids is 1. The van der Waals surface area contributed by atoms with Gasteiger partial charge in [-0.2, -0.15) is 5.10 Å². The Morgan fingerprint density at radius 3 is 2.54 bits per heavy atom. The molecule has 2 aromatic rings. The second-order valence-electron chi connectivity index (χ2n) is 6.49. The summed E-state index contributed by atoms with van der Waals surface area (Å²) in [7, 11) is 0. The van der Waals surface area contributed by atoms with Crippen LogP contribution in [0, 0.1) is 12.8 Å². The molecule has 0 bridgehead atoms. The maximum Gasteiger partial charge on any atom is 0.320 e. The van der Waals surface area contributed by atoms with Gasteiger partial charge in [-0.15, -0.1) is 0 Å². The number of phenols is 1. The fraction of sp³-hybridized carbons (Fsp3) is 0.444. The fourth-order valence-corrected chi connectivity index (χ4v) is 2.39. The van der Waals surface area contributed by atoms with E-state index in [1.807, 2.05) is 24.6 Å². The Morgan fingerprint density at radius 1 is 1.25 bits per heavy atom. The van der Waals surface area contributed by atoms with Crippen molar-refractivity contribution in [3.05, 3.63) is 41.6 Å². The molecular weight excluding hydrogens is 304 g/mol. The predicted molar refractivity (Wildman–Crippen MR) is 95.1 cm³/mol. The van der Waals surface area contributed by atoms with Crippen LogP contribution in [-0.4, -0.2) is 20.9 Å². The van der Waals surface area contributed by atoms with E-state index in [1.165, 1.54) is 0 Å². The van der Waals surface area contributed by atoms with Crippen LogP contribution in [0.25, 0.3) is 0 Å². The second kappa shape index (κ2) is 7.86. The van der Waals surface area contributed by atoms with Gasteiger partial charge in [0.05, 0.1) is 11.7 Å². The van der Waals surface area contributed by atoms with Crippen molar-refractivity contribution in [3.63, 3.8) is 0 Å². The van der Waals surface area contributed by atoms with Crippen molar-refractivity contribution >= 4 is 11.8 Å². The molecule has 0 saturated heterocycles. The lowest BCUT2D eigenvalue weighted by Crippen LogP contribution is -2.32. The van der Waals surface area contributed by atoms with Crippen molar-refractivity contribution < 1.29 is 9.90 Å². The van der Waals surface area contributed by atoms with Crippen LogP contribution in [0.15, 0.2) is 30.3 Å². The maximum absolute atomic E-state index is 12.3. The van der Waals surface area contributed by atoms with Gasteiger partial charge in [0.2, 0.25) is 0 Å². The van der Waals surface area contributed by atoms with Crippen molar-refractivity contribution in [1.82, 2.24) is 15.1 Å². The summed E-state index contributed by atoms with van der Waals surface area (Å²) in [6.07, 6.45) is 1.00. The summed E-state index contributed by atoms with van der Waals surface area (Å²) in [5, 5.41) is 19.5. The highest BCUT2D eigenvalue weighted by Gasteiger charge is 2.13. The third-order valence-electron chi connectivity index (χ3n) is 3.80. The molecule has 1 atom stereocenters. The summed E-state index contributed by atoms with van der Waals surface area (Å²) in [4.78, 5) is 12.3.